The summed E-state index contributed by atoms with van der Waals surface area (Å²) >= 11 is 0. The third-order valence-electron chi connectivity index (χ3n) is 6.12. The number of aliphatic hydroxyl groups excluding tert-OH is 1. The lowest BCUT2D eigenvalue weighted by Crippen LogP contribution is -2.50. The van der Waals surface area contributed by atoms with Crippen molar-refractivity contribution in [1.82, 2.24) is 15.2 Å². The highest BCUT2D eigenvalue weighted by molar-refractivity contribution is 5.98. The van der Waals surface area contributed by atoms with Gasteiger partial charge in [-0.1, -0.05) is 56.3 Å². The SMILES string of the molecule is CCCN(CCC)C(=O)c1cccc(C(=O)N[C@@H](Cc2ccccc2)[C@@H](O)C(=O)Nc2cccc(C(=O)O)c2)n1. The first kappa shape index (κ1) is 30.0. The van der Waals surface area contributed by atoms with Crippen LogP contribution < -0.4 is 10.6 Å². The van der Waals surface area contributed by atoms with Gasteiger partial charge in [0, 0.05) is 18.8 Å². The van der Waals surface area contributed by atoms with Gasteiger partial charge in [0.25, 0.3) is 17.7 Å². The van der Waals surface area contributed by atoms with Crippen LogP contribution in [0.3, 0.4) is 0 Å². The second-order valence-electron chi connectivity index (χ2n) is 9.29. The van der Waals surface area contributed by atoms with Gasteiger partial charge in [0.1, 0.15) is 11.4 Å². The molecule has 3 amide bonds. The number of carboxylic acid groups (broad SMARTS) is 1. The summed E-state index contributed by atoms with van der Waals surface area (Å²) in [4.78, 5) is 56.4. The van der Waals surface area contributed by atoms with Gasteiger partial charge in [-0.05, 0) is 55.2 Å². The summed E-state index contributed by atoms with van der Waals surface area (Å²) in [7, 11) is 0. The van der Waals surface area contributed by atoms with Crippen LogP contribution in [0.5, 0.6) is 0 Å². The van der Waals surface area contributed by atoms with Crippen molar-refractivity contribution in [2.24, 2.45) is 0 Å². The summed E-state index contributed by atoms with van der Waals surface area (Å²) in [6.07, 6.45) is 0.00356. The number of amides is 3. The molecule has 0 radical (unpaired) electrons. The third kappa shape index (κ3) is 8.21. The molecule has 0 aliphatic heterocycles. The Labute approximate surface area is 233 Å². The summed E-state index contributed by atoms with van der Waals surface area (Å²) in [5.74, 6) is -2.92. The van der Waals surface area contributed by atoms with E-state index >= 15 is 0 Å². The number of carbonyl (C=O) groups is 4. The fraction of sp³-hybridized carbons (Fsp3) is 0.300. The van der Waals surface area contributed by atoms with E-state index in [1.165, 1.54) is 30.3 Å². The molecule has 1 aromatic heterocycles. The molecule has 2 atom stereocenters. The topological polar surface area (TPSA) is 149 Å². The number of carbonyl (C=O) groups excluding carboxylic acids is 3. The predicted molar refractivity (Wildman–Crippen MR) is 150 cm³/mol. The van der Waals surface area contributed by atoms with Gasteiger partial charge in [0.15, 0.2) is 6.10 Å². The molecule has 0 aliphatic carbocycles. The average molecular weight is 547 g/mol. The Balaban J connectivity index is 1.81. The molecule has 0 unspecified atom stereocenters. The maximum absolute atomic E-state index is 13.2. The average Bonchev–Trinajstić information content (AvgIpc) is 2.96. The van der Waals surface area contributed by atoms with E-state index in [9.17, 15) is 29.4 Å². The van der Waals surface area contributed by atoms with E-state index in [-0.39, 0.29) is 35.0 Å². The van der Waals surface area contributed by atoms with Crippen molar-refractivity contribution in [2.45, 2.75) is 45.3 Å². The Morgan fingerprint density at radius 2 is 1.52 bits per heavy atom. The molecule has 1 heterocycles. The Bertz CT molecular complexity index is 1320. The van der Waals surface area contributed by atoms with Crippen LogP contribution >= 0.6 is 0 Å². The van der Waals surface area contributed by atoms with Crippen LogP contribution in [0.2, 0.25) is 0 Å². The number of hydrogen-bond acceptors (Lipinski definition) is 6. The highest BCUT2D eigenvalue weighted by Crippen LogP contribution is 2.14. The van der Waals surface area contributed by atoms with Crippen molar-refractivity contribution in [1.29, 1.82) is 0 Å². The number of nitrogens with one attached hydrogen (secondary N) is 2. The summed E-state index contributed by atoms with van der Waals surface area (Å²) in [5.41, 5.74) is 1.02. The van der Waals surface area contributed by atoms with E-state index in [1.807, 2.05) is 19.9 Å². The van der Waals surface area contributed by atoms with Gasteiger partial charge >= 0.3 is 5.97 Å². The number of aromatic nitrogens is 1. The molecule has 0 aliphatic rings. The molecule has 40 heavy (non-hydrogen) atoms. The Kier molecular flexibility index (Phi) is 10.9. The van der Waals surface area contributed by atoms with Crippen molar-refractivity contribution < 1.29 is 29.4 Å². The molecule has 10 nitrogen and oxygen atoms in total. The van der Waals surface area contributed by atoms with Gasteiger partial charge in [0.05, 0.1) is 11.6 Å². The zero-order valence-corrected chi connectivity index (χ0v) is 22.5. The minimum Gasteiger partial charge on any atom is -0.478 e. The van der Waals surface area contributed by atoms with Crippen LogP contribution in [-0.4, -0.2) is 69.0 Å². The Morgan fingerprint density at radius 1 is 0.875 bits per heavy atom. The molecule has 2 aromatic carbocycles. The lowest BCUT2D eigenvalue weighted by molar-refractivity contribution is -0.125. The van der Waals surface area contributed by atoms with Gasteiger partial charge in [-0.15, -0.1) is 0 Å². The Hall–Kier alpha value is -4.57. The Morgan fingerprint density at radius 3 is 2.17 bits per heavy atom. The summed E-state index contributed by atoms with van der Waals surface area (Å²) in [6.45, 7) is 5.09. The van der Waals surface area contributed by atoms with E-state index < -0.39 is 29.9 Å². The maximum Gasteiger partial charge on any atom is 0.335 e. The van der Waals surface area contributed by atoms with Crippen molar-refractivity contribution >= 4 is 29.4 Å². The highest BCUT2D eigenvalue weighted by atomic mass is 16.4. The number of anilines is 1. The molecule has 0 bridgehead atoms. The molecule has 0 fully saturated rings. The van der Waals surface area contributed by atoms with E-state index in [4.69, 9.17) is 0 Å². The molecule has 4 N–H and O–H groups in total. The molecule has 210 valence electrons. The molecule has 3 rings (SSSR count). The number of rotatable bonds is 13. The molecular formula is C30H34N4O6. The zero-order valence-electron chi connectivity index (χ0n) is 22.5. The van der Waals surface area contributed by atoms with Gasteiger partial charge < -0.3 is 25.7 Å². The highest BCUT2D eigenvalue weighted by Gasteiger charge is 2.29. The van der Waals surface area contributed by atoms with E-state index in [2.05, 4.69) is 15.6 Å². The molecule has 0 saturated heterocycles. The number of aliphatic hydroxyl groups is 1. The number of pyridine rings is 1. The first-order chi connectivity index (χ1) is 19.2. The third-order valence-corrected chi connectivity index (χ3v) is 6.12. The summed E-state index contributed by atoms with van der Waals surface area (Å²) < 4.78 is 0. The second kappa shape index (κ2) is 14.5. The molecular weight excluding hydrogens is 512 g/mol. The maximum atomic E-state index is 13.2. The molecule has 3 aromatic rings. The van der Waals surface area contributed by atoms with Crippen LogP contribution in [0.4, 0.5) is 5.69 Å². The minimum atomic E-state index is -1.69. The molecule has 10 heteroatoms. The van der Waals surface area contributed by atoms with Crippen LogP contribution in [0.15, 0.2) is 72.8 Å². The number of hydrogen-bond donors (Lipinski definition) is 4. The van der Waals surface area contributed by atoms with Gasteiger partial charge in [-0.2, -0.15) is 0 Å². The molecule has 0 saturated carbocycles. The van der Waals surface area contributed by atoms with Crippen LogP contribution in [0, 0.1) is 0 Å². The van der Waals surface area contributed by atoms with E-state index in [0.29, 0.717) is 13.1 Å². The van der Waals surface area contributed by atoms with Gasteiger partial charge in [0.2, 0.25) is 0 Å². The van der Waals surface area contributed by atoms with Crippen molar-refractivity contribution in [3.8, 4) is 0 Å². The number of aromatic carboxylic acids is 1. The first-order valence-corrected chi connectivity index (χ1v) is 13.2. The normalized spacial score (nSPS) is 12.2. The van der Waals surface area contributed by atoms with E-state index in [1.54, 1.807) is 41.3 Å². The van der Waals surface area contributed by atoms with Crippen molar-refractivity contribution in [3.05, 3.63) is 95.3 Å². The number of benzene rings is 2. The smallest absolute Gasteiger partial charge is 0.335 e. The van der Waals surface area contributed by atoms with Gasteiger partial charge in [-0.3, -0.25) is 14.4 Å². The summed E-state index contributed by atoms with van der Waals surface area (Å²) in [6, 6.07) is 18.1. The fourth-order valence-electron chi connectivity index (χ4n) is 4.18. The lowest BCUT2D eigenvalue weighted by atomic mass is 10.00. The lowest BCUT2D eigenvalue weighted by Gasteiger charge is -2.24. The predicted octanol–water partition coefficient (Wildman–Crippen LogP) is 3.38. The monoisotopic (exact) mass is 546 g/mol. The largest absolute Gasteiger partial charge is 0.478 e. The second-order valence-corrected chi connectivity index (χ2v) is 9.29. The van der Waals surface area contributed by atoms with Crippen molar-refractivity contribution in [3.63, 3.8) is 0 Å². The van der Waals surface area contributed by atoms with Crippen LogP contribution in [0.25, 0.3) is 0 Å². The zero-order chi connectivity index (χ0) is 29.1. The van der Waals surface area contributed by atoms with Gasteiger partial charge in [-0.25, -0.2) is 9.78 Å². The van der Waals surface area contributed by atoms with E-state index in [0.717, 1.165) is 18.4 Å². The fourth-order valence-corrected chi connectivity index (χ4v) is 4.18. The standard InChI is InChI=1S/C30H34N4O6/c1-3-16-34(17-4-2)29(38)24-15-9-14-23(32-24)27(36)33-25(18-20-10-6-5-7-11-20)26(35)28(37)31-22-13-8-12-21(19-22)30(39)40/h5-15,19,25-26,35H,3-4,16-18H2,1-2H3,(H,31,37)(H,33,36)(H,39,40)/t25-,26+/m0/s1. The minimum absolute atomic E-state index is 0.0290. The molecule has 0 spiro atoms. The number of nitrogens with zero attached hydrogens (tertiary/aromatic N) is 2. The summed E-state index contributed by atoms with van der Waals surface area (Å²) in [5, 5.41) is 25.4. The first-order valence-electron chi connectivity index (χ1n) is 13.2. The van der Waals surface area contributed by atoms with Crippen molar-refractivity contribution in [2.75, 3.05) is 18.4 Å². The number of carboxylic acids is 1. The van der Waals surface area contributed by atoms with Crippen LogP contribution in [0.1, 0.15) is 63.6 Å². The van der Waals surface area contributed by atoms with Crippen LogP contribution in [-0.2, 0) is 11.2 Å². The quantitative estimate of drug-likeness (QED) is 0.257.